The molecule has 52 heavy (non-hydrogen) atoms. The molecule has 0 aliphatic carbocycles. The summed E-state index contributed by atoms with van der Waals surface area (Å²) in [5, 5.41) is 9.71. The Balaban J connectivity index is 1.48. The molecule has 4 rings (SSSR count). The van der Waals surface area contributed by atoms with Gasteiger partial charge in [0, 0.05) is 32.6 Å². The normalized spacial score (nSPS) is 16.2. The van der Waals surface area contributed by atoms with E-state index in [-0.39, 0.29) is 44.8 Å². The van der Waals surface area contributed by atoms with Crippen molar-refractivity contribution in [2.24, 2.45) is 0 Å². The maximum atomic E-state index is 13.9. The lowest BCUT2D eigenvalue weighted by atomic mass is 9.94. The summed E-state index contributed by atoms with van der Waals surface area (Å²) in [5.41, 5.74) is 3.12. The third kappa shape index (κ3) is 11.5. The highest BCUT2D eigenvalue weighted by Gasteiger charge is 2.46. The predicted molar refractivity (Wildman–Crippen MR) is 190 cm³/mol. The molecule has 1 fully saturated rings. The molecule has 4 atom stereocenters. The van der Waals surface area contributed by atoms with Crippen LogP contribution in [-0.4, -0.2) is 97.4 Å². The predicted octanol–water partition coefficient (Wildman–Crippen LogP) is 4.43. The summed E-state index contributed by atoms with van der Waals surface area (Å²) in [7, 11) is 1.16. The number of imide groups is 1. The first-order chi connectivity index (χ1) is 25.1. The van der Waals surface area contributed by atoms with Gasteiger partial charge in [-0.2, -0.15) is 0 Å². The third-order valence-corrected chi connectivity index (χ3v) is 8.30. The Morgan fingerprint density at radius 3 is 2.29 bits per heavy atom. The molecule has 1 saturated heterocycles. The minimum Gasteiger partial charge on any atom is -0.451 e. The van der Waals surface area contributed by atoms with E-state index < -0.39 is 53.9 Å². The van der Waals surface area contributed by atoms with E-state index in [1.165, 1.54) is 0 Å². The van der Waals surface area contributed by atoms with Crippen LogP contribution in [-0.2, 0) is 55.9 Å². The first kappa shape index (κ1) is 39.8. The molecular formula is C40H45NO11. The summed E-state index contributed by atoms with van der Waals surface area (Å²) in [5.74, 6) is -3.08. The van der Waals surface area contributed by atoms with Crippen LogP contribution >= 0.6 is 0 Å². The fourth-order valence-corrected chi connectivity index (χ4v) is 5.69. The minimum atomic E-state index is -1.82. The van der Waals surface area contributed by atoms with E-state index in [1.54, 1.807) is 18.2 Å². The maximum absolute atomic E-state index is 13.9. The monoisotopic (exact) mass is 715 g/mol. The van der Waals surface area contributed by atoms with Crippen molar-refractivity contribution in [1.29, 1.82) is 0 Å². The number of hydrogen-bond donors (Lipinski definition) is 1. The van der Waals surface area contributed by atoms with Gasteiger partial charge in [-0.3, -0.25) is 19.2 Å². The highest BCUT2D eigenvalue weighted by molar-refractivity contribution is 6.25. The summed E-state index contributed by atoms with van der Waals surface area (Å²) in [4.78, 5) is 67.4. The van der Waals surface area contributed by atoms with Gasteiger partial charge in [0.2, 0.25) is 0 Å². The Bertz CT molecular complexity index is 1690. The van der Waals surface area contributed by atoms with Gasteiger partial charge in [0.25, 0.3) is 5.91 Å². The number of hydrogen-bond acceptors (Lipinski definition) is 11. The average molecular weight is 716 g/mol. The van der Waals surface area contributed by atoms with Crippen LogP contribution in [0.25, 0.3) is 5.57 Å². The van der Waals surface area contributed by atoms with Gasteiger partial charge >= 0.3 is 12.1 Å². The number of esters is 1. The SMILES string of the molecule is COC(C(=O)N1C(=O)OCC1Cc1ccccc1)C(OC(C)=O)C(=O)C=C(C(=O)CCCOCC(CO)OCc1ccccc1)c1cccc(C)c1. The second-order valence-electron chi connectivity index (χ2n) is 12.3. The number of cyclic esters (lactones) is 1. The van der Waals surface area contributed by atoms with Gasteiger partial charge in [0.15, 0.2) is 23.8 Å². The van der Waals surface area contributed by atoms with Gasteiger partial charge in [-0.05, 0) is 42.5 Å². The van der Waals surface area contributed by atoms with Crippen molar-refractivity contribution >= 4 is 35.1 Å². The van der Waals surface area contributed by atoms with E-state index in [4.69, 9.17) is 23.7 Å². The second kappa shape index (κ2) is 20.1. The van der Waals surface area contributed by atoms with Gasteiger partial charge in [-0.25, -0.2) is 9.69 Å². The minimum absolute atomic E-state index is 0.00657. The van der Waals surface area contributed by atoms with Crippen LogP contribution in [0.15, 0.2) is 91.0 Å². The number of allylic oxidation sites excluding steroid dienone is 1. The summed E-state index contributed by atoms with van der Waals surface area (Å²) in [6.45, 7) is 3.20. The Labute approximate surface area is 303 Å². The second-order valence-corrected chi connectivity index (χ2v) is 12.3. The van der Waals surface area contributed by atoms with Crippen molar-refractivity contribution in [3.05, 3.63) is 113 Å². The average Bonchev–Trinajstić information content (AvgIpc) is 3.50. The van der Waals surface area contributed by atoms with Gasteiger partial charge in [-0.15, -0.1) is 0 Å². The summed E-state index contributed by atoms with van der Waals surface area (Å²) in [6, 6.07) is 25.0. The van der Waals surface area contributed by atoms with E-state index >= 15 is 0 Å². The first-order valence-electron chi connectivity index (χ1n) is 17.0. The summed E-state index contributed by atoms with van der Waals surface area (Å²) >= 11 is 0. The van der Waals surface area contributed by atoms with Crippen molar-refractivity contribution in [3.63, 3.8) is 0 Å². The van der Waals surface area contributed by atoms with Crippen LogP contribution in [0.3, 0.4) is 0 Å². The Hall–Kier alpha value is -5.01. The number of rotatable bonds is 20. The van der Waals surface area contributed by atoms with Crippen LogP contribution in [0.5, 0.6) is 0 Å². The van der Waals surface area contributed by atoms with Gasteiger partial charge < -0.3 is 28.8 Å². The zero-order chi connectivity index (χ0) is 37.5. The maximum Gasteiger partial charge on any atom is 0.417 e. The first-order valence-corrected chi connectivity index (χ1v) is 17.0. The lowest BCUT2D eigenvalue weighted by molar-refractivity contribution is -0.166. The molecule has 1 heterocycles. The van der Waals surface area contributed by atoms with Crippen molar-refractivity contribution < 1.29 is 52.8 Å². The number of benzene rings is 3. The molecule has 0 saturated carbocycles. The molecule has 2 amide bonds. The van der Waals surface area contributed by atoms with Gasteiger partial charge in [-0.1, -0.05) is 90.5 Å². The smallest absolute Gasteiger partial charge is 0.417 e. The van der Waals surface area contributed by atoms with E-state index in [9.17, 15) is 29.1 Å². The lowest BCUT2D eigenvalue weighted by Gasteiger charge is -2.28. The highest BCUT2D eigenvalue weighted by atomic mass is 16.6. The fraction of sp³-hybridized carbons (Fsp3) is 0.375. The number of aliphatic hydroxyl groups excluding tert-OH is 1. The van der Waals surface area contributed by atoms with Crippen LogP contribution in [0, 0.1) is 6.92 Å². The topological polar surface area (TPSA) is 155 Å². The quantitative estimate of drug-likeness (QED) is 0.100. The van der Waals surface area contributed by atoms with Crippen molar-refractivity contribution in [3.8, 4) is 0 Å². The molecule has 12 heteroatoms. The standard InChI is InChI=1S/C40H45NO11/c1-27-12-10-17-31(20-27)34(35(44)18-11-19-49-26-33(23-42)50-24-30-15-8-5-9-16-30)22-36(45)37(52-28(2)43)38(48-3)39(46)41-32(25-51-40(41)47)21-29-13-6-4-7-14-29/h4-10,12-17,20,22,32-33,37-38,42H,11,18-19,21,23-26H2,1-3H3. The largest absolute Gasteiger partial charge is 0.451 e. The molecule has 3 aromatic carbocycles. The number of ether oxygens (including phenoxy) is 5. The Kier molecular flexibility index (Phi) is 15.4. The molecule has 4 unspecified atom stereocenters. The van der Waals surface area contributed by atoms with Crippen molar-refractivity contribution in [2.75, 3.05) is 33.5 Å². The molecule has 0 spiro atoms. The number of carbonyl (C=O) groups is 5. The molecule has 0 aromatic heterocycles. The van der Waals surface area contributed by atoms with Crippen molar-refractivity contribution in [2.45, 2.75) is 64.1 Å². The fourth-order valence-electron chi connectivity index (χ4n) is 5.69. The number of carbonyl (C=O) groups excluding carboxylic acids is 5. The highest BCUT2D eigenvalue weighted by Crippen LogP contribution is 2.24. The number of methoxy groups -OCH3 is 1. The zero-order valence-electron chi connectivity index (χ0n) is 29.6. The molecule has 1 aliphatic rings. The Morgan fingerprint density at radius 1 is 0.962 bits per heavy atom. The Morgan fingerprint density at radius 2 is 1.65 bits per heavy atom. The number of nitrogens with zero attached hydrogens (tertiary/aromatic N) is 1. The number of aryl methyl sites for hydroxylation is 1. The number of ketones is 2. The zero-order valence-corrected chi connectivity index (χ0v) is 29.6. The molecule has 276 valence electrons. The molecular weight excluding hydrogens is 670 g/mol. The summed E-state index contributed by atoms with van der Waals surface area (Å²) in [6.07, 6.45) is -3.38. The van der Waals surface area contributed by atoms with Crippen LogP contribution in [0.1, 0.15) is 42.0 Å². The van der Waals surface area contributed by atoms with E-state index in [2.05, 4.69) is 0 Å². The van der Waals surface area contributed by atoms with Crippen LogP contribution in [0.2, 0.25) is 0 Å². The molecule has 1 aliphatic heterocycles. The summed E-state index contributed by atoms with van der Waals surface area (Å²) < 4.78 is 27.4. The molecule has 1 N–H and O–H groups in total. The van der Waals surface area contributed by atoms with E-state index in [1.807, 2.05) is 73.7 Å². The van der Waals surface area contributed by atoms with Crippen LogP contribution < -0.4 is 0 Å². The number of Topliss-reactive ketones (excluding diaryl/α,β-unsaturated/α-hetero) is 1. The number of amides is 2. The van der Waals surface area contributed by atoms with Crippen LogP contribution in [0.4, 0.5) is 4.79 Å². The molecule has 12 nitrogen and oxygen atoms in total. The molecule has 0 radical (unpaired) electrons. The van der Waals surface area contributed by atoms with Crippen molar-refractivity contribution in [1.82, 2.24) is 4.90 Å². The molecule has 3 aromatic rings. The number of aliphatic hydroxyl groups is 1. The van der Waals surface area contributed by atoms with E-state index in [0.717, 1.165) is 41.7 Å². The van der Waals surface area contributed by atoms with Gasteiger partial charge in [0.05, 0.1) is 25.9 Å². The lowest BCUT2D eigenvalue weighted by Crippen LogP contribution is -2.53. The van der Waals surface area contributed by atoms with Gasteiger partial charge in [0.1, 0.15) is 12.7 Å². The van der Waals surface area contributed by atoms with E-state index in [0.29, 0.717) is 18.6 Å². The third-order valence-electron chi connectivity index (χ3n) is 8.30. The molecule has 0 bridgehead atoms.